The minimum absolute atomic E-state index is 0.0560. The molecule has 1 fully saturated rings. The summed E-state index contributed by atoms with van der Waals surface area (Å²) in [6.07, 6.45) is 0.472. The van der Waals surface area contributed by atoms with Gasteiger partial charge in [0, 0.05) is 18.9 Å². The fourth-order valence-corrected chi connectivity index (χ4v) is 2.92. The number of para-hydroxylation sites is 1. The van der Waals surface area contributed by atoms with Gasteiger partial charge in [0.1, 0.15) is 0 Å². The van der Waals surface area contributed by atoms with Crippen molar-refractivity contribution in [1.82, 2.24) is 5.32 Å². The Morgan fingerprint density at radius 3 is 2.75 bits per heavy atom. The van der Waals surface area contributed by atoms with Crippen molar-refractivity contribution in [1.29, 1.82) is 0 Å². The van der Waals surface area contributed by atoms with Gasteiger partial charge in [-0.3, -0.25) is 4.79 Å². The minimum atomic E-state index is -0.420. The van der Waals surface area contributed by atoms with Crippen LogP contribution in [0, 0.1) is 0 Å². The highest BCUT2D eigenvalue weighted by Crippen LogP contribution is 2.32. The molecule has 1 atom stereocenters. The summed E-state index contributed by atoms with van der Waals surface area (Å²) >= 11 is 6.29. The number of nitrogens with one attached hydrogen (secondary N) is 2. The zero-order valence-electron chi connectivity index (χ0n) is 13.1. The fraction of sp³-hybridized carbons (Fsp3) is 0.222. The van der Waals surface area contributed by atoms with Gasteiger partial charge in [-0.05, 0) is 29.8 Å². The predicted molar refractivity (Wildman–Crippen MR) is 92.9 cm³/mol. The Balaban J connectivity index is 1.90. The third-order valence-corrected chi connectivity index (χ3v) is 4.37. The molecule has 124 valence electrons. The summed E-state index contributed by atoms with van der Waals surface area (Å²) in [5.41, 5.74) is 2.75. The normalized spacial score (nSPS) is 16.6. The molecule has 0 bridgehead atoms. The quantitative estimate of drug-likeness (QED) is 0.833. The number of esters is 1. The van der Waals surface area contributed by atoms with E-state index in [2.05, 4.69) is 10.6 Å². The molecule has 2 aromatic carbocycles. The van der Waals surface area contributed by atoms with Crippen LogP contribution in [0.4, 0.5) is 11.4 Å². The molecule has 0 radical (unpaired) electrons. The molecule has 1 amide bonds. The Morgan fingerprint density at radius 2 is 2.04 bits per heavy atom. The smallest absolute Gasteiger partial charge is 0.339 e. The molecule has 1 saturated heterocycles. The van der Waals surface area contributed by atoms with Gasteiger partial charge >= 0.3 is 5.97 Å². The van der Waals surface area contributed by atoms with Crippen molar-refractivity contribution >= 4 is 34.9 Å². The van der Waals surface area contributed by atoms with Gasteiger partial charge in [-0.15, -0.1) is 0 Å². The minimum Gasteiger partial charge on any atom is -0.465 e. The predicted octanol–water partition coefficient (Wildman–Crippen LogP) is 3.47. The van der Waals surface area contributed by atoms with E-state index in [0.717, 1.165) is 5.56 Å². The second-order valence-electron chi connectivity index (χ2n) is 5.61. The summed E-state index contributed by atoms with van der Waals surface area (Å²) in [6, 6.07) is 12.7. The number of carbonyl (C=O) groups is 2. The number of anilines is 2. The van der Waals surface area contributed by atoms with E-state index in [4.69, 9.17) is 16.3 Å². The van der Waals surface area contributed by atoms with Gasteiger partial charge in [-0.2, -0.15) is 0 Å². The van der Waals surface area contributed by atoms with Crippen LogP contribution in [0.25, 0.3) is 0 Å². The first-order valence-electron chi connectivity index (χ1n) is 7.59. The molecule has 0 aliphatic carbocycles. The largest absolute Gasteiger partial charge is 0.465 e. The summed E-state index contributed by atoms with van der Waals surface area (Å²) in [6.45, 7) is 0.624. The van der Waals surface area contributed by atoms with Gasteiger partial charge in [-0.1, -0.05) is 29.8 Å². The van der Waals surface area contributed by atoms with Gasteiger partial charge in [0.05, 0.1) is 29.1 Å². The highest BCUT2D eigenvalue weighted by Gasteiger charge is 2.23. The number of hydrogen-bond acceptors (Lipinski definition) is 4. The van der Waals surface area contributed by atoms with Gasteiger partial charge in [0.15, 0.2) is 0 Å². The number of benzene rings is 2. The number of hydrogen-bond donors (Lipinski definition) is 2. The Hall–Kier alpha value is -2.53. The maximum Gasteiger partial charge on any atom is 0.339 e. The van der Waals surface area contributed by atoms with Crippen molar-refractivity contribution in [2.24, 2.45) is 0 Å². The molecule has 0 spiro atoms. The van der Waals surface area contributed by atoms with E-state index in [9.17, 15) is 9.59 Å². The lowest BCUT2D eigenvalue weighted by molar-refractivity contribution is -0.119. The van der Waals surface area contributed by atoms with Gasteiger partial charge in [-0.25, -0.2) is 4.79 Å². The lowest BCUT2D eigenvalue weighted by atomic mass is 9.97. The average molecular weight is 345 g/mol. The highest BCUT2D eigenvalue weighted by molar-refractivity contribution is 6.33. The summed E-state index contributed by atoms with van der Waals surface area (Å²) in [5.74, 6) is -0.234. The number of ether oxygens (including phenoxy) is 1. The lowest BCUT2D eigenvalue weighted by Gasteiger charge is -2.15. The van der Waals surface area contributed by atoms with Gasteiger partial charge < -0.3 is 15.4 Å². The number of carbonyl (C=O) groups excluding carboxylic acids is 2. The van der Waals surface area contributed by atoms with Crippen molar-refractivity contribution in [3.05, 3.63) is 58.6 Å². The monoisotopic (exact) mass is 344 g/mol. The molecular weight excluding hydrogens is 328 g/mol. The number of halogens is 1. The van der Waals surface area contributed by atoms with Crippen LogP contribution in [0.3, 0.4) is 0 Å². The van der Waals surface area contributed by atoms with Crippen LogP contribution in [-0.4, -0.2) is 25.5 Å². The lowest BCUT2D eigenvalue weighted by Crippen LogP contribution is -2.13. The van der Waals surface area contributed by atoms with Crippen LogP contribution in [0.5, 0.6) is 0 Å². The molecular formula is C18H17ClN2O3. The molecule has 2 N–H and O–H groups in total. The number of methoxy groups -OCH3 is 1. The molecule has 1 heterocycles. The molecule has 0 saturated carbocycles. The van der Waals surface area contributed by atoms with Crippen molar-refractivity contribution in [3.63, 3.8) is 0 Å². The zero-order chi connectivity index (χ0) is 17.1. The summed E-state index contributed by atoms with van der Waals surface area (Å²) in [7, 11) is 1.34. The van der Waals surface area contributed by atoms with E-state index in [1.165, 1.54) is 7.11 Å². The average Bonchev–Trinajstić information content (AvgIpc) is 3.03. The van der Waals surface area contributed by atoms with Crippen LogP contribution in [0.15, 0.2) is 42.5 Å². The van der Waals surface area contributed by atoms with Crippen LogP contribution < -0.4 is 10.6 Å². The van der Waals surface area contributed by atoms with Crippen molar-refractivity contribution in [2.75, 3.05) is 19.0 Å². The van der Waals surface area contributed by atoms with Crippen LogP contribution in [0.1, 0.15) is 28.3 Å². The second-order valence-corrected chi connectivity index (χ2v) is 6.01. The molecule has 1 aliphatic heterocycles. The van der Waals surface area contributed by atoms with E-state index in [0.29, 0.717) is 34.9 Å². The van der Waals surface area contributed by atoms with E-state index in [1.54, 1.807) is 24.3 Å². The summed E-state index contributed by atoms with van der Waals surface area (Å²) in [5, 5.41) is 6.56. The molecule has 0 aromatic heterocycles. The first-order chi connectivity index (χ1) is 11.6. The first-order valence-corrected chi connectivity index (χ1v) is 7.97. The standard InChI is InChI=1S/C18H17ClN2O3/c1-24-18(23)13-4-2-3-5-15(13)21-16-8-11(6-7-14(16)19)12-9-17(22)20-10-12/h2-8,12,21H,9-10H2,1H3,(H,20,22). The Kier molecular flexibility index (Phi) is 4.71. The summed E-state index contributed by atoms with van der Waals surface area (Å²) < 4.78 is 4.80. The van der Waals surface area contributed by atoms with Crippen molar-refractivity contribution in [3.8, 4) is 0 Å². The molecule has 24 heavy (non-hydrogen) atoms. The van der Waals surface area contributed by atoms with E-state index in [1.807, 2.05) is 18.2 Å². The van der Waals surface area contributed by atoms with Gasteiger partial charge in [0.25, 0.3) is 0 Å². The van der Waals surface area contributed by atoms with E-state index in [-0.39, 0.29) is 11.8 Å². The highest BCUT2D eigenvalue weighted by atomic mass is 35.5. The maximum absolute atomic E-state index is 11.9. The molecule has 3 rings (SSSR count). The first kappa shape index (κ1) is 16.3. The van der Waals surface area contributed by atoms with Crippen LogP contribution in [-0.2, 0) is 9.53 Å². The molecule has 5 nitrogen and oxygen atoms in total. The van der Waals surface area contributed by atoms with E-state index >= 15 is 0 Å². The second kappa shape index (κ2) is 6.93. The zero-order valence-corrected chi connectivity index (χ0v) is 13.9. The third-order valence-electron chi connectivity index (χ3n) is 4.04. The third kappa shape index (κ3) is 3.36. The topological polar surface area (TPSA) is 67.4 Å². The van der Waals surface area contributed by atoms with Crippen molar-refractivity contribution < 1.29 is 14.3 Å². The number of rotatable bonds is 4. The fourth-order valence-electron chi connectivity index (χ4n) is 2.76. The summed E-state index contributed by atoms with van der Waals surface area (Å²) in [4.78, 5) is 23.3. The molecule has 2 aromatic rings. The maximum atomic E-state index is 11.9. The molecule has 1 aliphatic rings. The van der Waals surface area contributed by atoms with Gasteiger partial charge in [0.2, 0.25) is 5.91 Å². The molecule has 1 unspecified atom stereocenters. The Labute approximate surface area is 145 Å². The SMILES string of the molecule is COC(=O)c1ccccc1Nc1cc(C2CNC(=O)C2)ccc1Cl. The van der Waals surface area contributed by atoms with Crippen molar-refractivity contribution in [2.45, 2.75) is 12.3 Å². The van der Waals surface area contributed by atoms with E-state index < -0.39 is 5.97 Å². The number of amides is 1. The Bertz CT molecular complexity index is 792. The Morgan fingerprint density at radius 1 is 1.25 bits per heavy atom. The molecule has 6 heteroatoms. The van der Waals surface area contributed by atoms with Crippen LogP contribution >= 0.6 is 11.6 Å². The van der Waals surface area contributed by atoms with Crippen LogP contribution in [0.2, 0.25) is 5.02 Å².